The van der Waals surface area contributed by atoms with Gasteiger partial charge in [0, 0.05) is 16.3 Å². The summed E-state index contributed by atoms with van der Waals surface area (Å²) < 4.78 is 7.48. The predicted octanol–water partition coefficient (Wildman–Crippen LogP) is 6.94. The van der Waals surface area contributed by atoms with Crippen molar-refractivity contribution in [3.63, 3.8) is 0 Å². The lowest BCUT2D eigenvalue weighted by Crippen LogP contribution is -2.14. The summed E-state index contributed by atoms with van der Waals surface area (Å²) in [7, 11) is 0. The van der Waals surface area contributed by atoms with Gasteiger partial charge in [0.2, 0.25) is 5.82 Å². The van der Waals surface area contributed by atoms with Crippen molar-refractivity contribution in [1.29, 1.82) is 0 Å². The first-order valence-electron chi connectivity index (χ1n) is 11.0. The lowest BCUT2D eigenvalue weighted by atomic mass is 10.2. The first kappa shape index (κ1) is 22.4. The third-order valence-corrected chi connectivity index (χ3v) is 5.50. The molecule has 0 aliphatic carbocycles. The third kappa shape index (κ3) is 5.23. The molecular weight excluding hydrogens is 460 g/mol. The minimum absolute atomic E-state index is 0.0565. The number of carbonyl (C=O) groups excluding carboxylic acids is 1. The molecule has 1 heterocycles. The van der Waals surface area contributed by atoms with Crippen molar-refractivity contribution in [2.24, 2.45) is 0 Å². The van der Waals surface area contributed by atoms with E-state index in [0.29, 0.717) is 22.3 Å². The fourth-order valence-electron chi connectivity index (χ4n) is 3.55. The molecule has 0 atom stereocenters. The summed E-state index contributed by atoms with van der Waals surface area (Å²) in [4.78, 5) is 17.6. The van der Waals surface area contributed by atoms with E-state index in [0.717, 1.165) is 22.6 Å². The van der Waals surface area contributed by atoms with Crippen LogP contribution in [0.1, 0.15) is 16.2 Å². The molecule has 0 unspecified atom stereocenters. The number of halogens is 1. The Morgan fingerprint density at radius 1 is 0.857 bits per heavy atom. The molecule has 1 N–H and O–H groups in total. The van der Waals surface area contributed by atoms with Crippen molar-refractivity contribution in [3.05, 3.63) is 120 Å². The van der Waals surface area contributed by atoms with E-state index in [2.05, 4.69) is 15.4 Å². The molecule has 7 heteroatoms. The van der Waals surface area contributed by atoms with E-state index in [-0.39, 0.29) is 5.82 Å². The predicted molar refractivity (Wildman–Crippen MR) is 137 cm³/mol. The van der Waals surface area contributed by atoms with Crippen molar-refractivity contribution in [2.45, 2.75) is 6.92 Å². The molecular formula is C28H21ClN4O2. The van der Waals surface area contributed by atoms with Gasteiger partial charge in [-0.2, -0.15) is 0 Å². The van der Waals surface area contributed by atoms with Gasteiger partial charge in [0.05, 0.1) is 5.69 Å². The van der Waals surface area contributed by atoms with Gasteiger partial charge >= 0.3 is 0 Å². The summed E-state index contributed by atoms with van der Waals surface area (Å²) in [5.74, 6) is 1.60. The summed E-state index contributed by atoms with van der Waals surface area (Å²) in [6.07, 6.45) is 0. The largest absolute Gasteiger partial charge is 0.457 e. The number of aryl methyl sites for hydroxylation is 1. The van der Waals surface area contributed by atoms with Crippen LogP contribution in [0.25, 0.3) is 17.1 Å². The van der Waals surface area contributed by atoms with Crippen molar-refractivity contribution < 1.29 is 9.53 Å². The minimum atomic E-state index is -0.414. The number of carbonyl (C=O) groups is 1. The number of nitrogens with one attached hydrogen (secondary N) is 1. The SMILES string of the molecule is Cc1cccc(-n2nc(C(=O)Nc3ccc(Oc4ccccc4)cc3)nc2-c2ccc(Cl)cc2)c1. The second-order valence-corrected chi connectivity index (χ2v) is 8.35. The average Bonchev–Trinajstić information content (AvgIpc) is 3.32. The van der Waals surface area contributed by atoms with E-state index in [9.17, 15) is 4.79 Å². The van der Waals surface area contributed by atoms with Gasteiger partial charge in [0.25, 0.3) is 5.91 Å². The molecule has 1 amide bonds. The van der Waals surface area contributed by atoms with Gasteiger partial charge in [-0.1, -0.05) is 41.9 Å². The maximum atomic E-state index is 13.0. The van der Waals surface area contributed by atoms with Crippen molar-refractivity contribution in [2.75, 3.05) is 5.32 Å². The first-order valence-corrected chi connectivity index (χ1v) is 11.4. The zero-order valence-electron chi connectivity index (χ0n) is 18.9. The number of anilines is 1. The van der Waals surface area contributed by atoms with E-state index in [1.165, 1.54) is 0 Å². The van der Waals surface area contributed by atoms with E-state index in [1.54, 1.807) is 41.1 Å². The molecule has 0 saturated carbocycles. The Morgan fingerprint density at radius 2 is 1.57 bits per heavy atom. The topological polar surface area (TPSA) is 69.0 Å². The molecule has 172 valence electrons. The number of benzene rings is 4. The summed E-state index contributed by atoms with van der Waals surface area (Å²) in [5, 5.41) is 8.00. The van der Waals surface area contributed by atoms with Crippen molar-refractivity contribution >= 4 is 23.2 Å². The van der Waals surface area contributed by atoms with Gasteiger partial charge in [-0.3, -0.25) is 4.79 Å². The van der Waals surface area contributed by atoms with Crippen LogP contribution in [-0.4, -0.2) is 20.7 Å². The normalized spacial score (nSPS) is 10.7. The number of aromatic nitrogens is 3. The Balaban J connectivity index is 1.40. The molecule has 5 rings (SSSR count). The fourth-order valence-corrected chi connectivity index (χ4v) is 3.68. The molecule has 1 aromatic heterocycles. The Morgan fingerprint density at radius 3 is 2.29 bits per heavy atom. The molecule has 0 fully saturated rings. The molecule has 0 bridgehead atoms. The van der Waals surface area contributed by atoms with Gasteiger partial charge in [0.15, 0.2) is 5.82 Å². The number of para-hydroxylation sites is 1. The number of nitrogens with zero attached hydrogens (tertiary/aromatic N) is 3. The summed E-state index contributed by atoms with van der Waals surface area (Å²) in [6.45, 7) is 2.00. The Hall–Kier alpha value is -4.42. The van der Waals surface area contributed by atoms with Crippen molar-refractivity contribution in [3.8, 4) is 28.6 Å². The molecule has 6 nitrogen and oxygen atoms in total. The van der Waals surface area contributed by atoms with E-state index in [4.69, 9.17) is 16.3 Å². The second-order valence-electron chi connectivity index (χ2n) is 7.91. The zero-order valence-corrected chi connectivity index (χ0v) is 19.6. The monoisotopic (exact) mass is 480 g/mol. The van der Waals surface area contributed by atoms with Crippen LogP contribution in [0.4, 0.5) is 5.69 Å². The molecule has 0 spiro atoms. The molecule has 35 heavy (non-hydrogen) atoms. The van der Waals surface area contributed by atoms with Gasteiger partial charge in [-0.05, 0) is 85.3 Å². The zero-order chi connectivity index (χ0) is 24.2. The van der Waals surface area contributed by atoms with Crippen LogP contribution in [0.5, 0.6) is 11.5 Å². The van der Waals surface area contributed by atoms with Crippen LogP contribution in [0.3, 0.4) is 0 Å². The standard InChI is InChI=1S/C28H21ClN4O2/c1-19-6-5-7-23(18-19)33-27(20-10-12-21(29)13-11-20)31-26(32-33)28(34)30-22-14-16-25(17-15-22)35-24-8-3-2-4-9-24/h2-18H,1H3,(H,30,34). The third-order valence-electron chi connectivity index (χ3n) is 5.25. The van der Waals surface area contributed by atoms with Crippen LogP contribution >= 0.6 is 11.6 Å². The van der Waals surface area contributed by atoms with Crippen molar-refractivity contribution in [1.82, 2.24) is 14.8 Å². The number of amides is 1. The maximum absolute atomic E-state index is 13.0. The number of hydrogen-bond donors (Lipinski definition) is 1. The van der Waals surface area contributed by atoms with Crippen LogP contribution in [0.15, 0.2) is 103 Å². The molecule has 0 radical (unpaired) electrons. The highest BCUT2D eigenvalue weighted by atomic mass is 35.5. The van der Waals surface area contributed by atoms with Crippen LogP contribution in [-0.2, 0) is 0 Å². The first-order chi connectivity index (χ1) is 17.0. The van der Waals surface area contributed by atoms with Crippen LogP contribution in [0.2, 0.25) is 5.02 Å². The maximum Gasteiger partial charge on any atom is 0.295 e. The van der Waals surface area contributed by atoms with E-state index in [1.807, 2.05) is 73.7 Å². The summed E-state index contributed by atoms with van der Waals surface area (Å²) in [5.41, 5.74) is 3.29. The van der Waals surface area contributed by atoms with Gasteiger partial charge in [-0.25, -0.2) is 9.67 Å². The lowest BCUT2D eigenvalue weighted by molar-refractivity contribution is 0.101. The van der Waals surface area contributed by atoms with Gasteiger partial charge in [0.1, 0.15) is 11.5 Å². The fraction of sp³-hybridized carbons (Fsp3) is 0.0357. The van der Waals surface area contributed by atoms with E-state index >= 15 is 0 Å². The number of ether oxygens (including phenoxy) is 1. The lowest BCUT2D eigenvalue weighted by Gasteiger charge is -2.07. The summed E-state index contributed by atoms with van der Waals surface area (Å²) in [6, 6.07) is 31.8. The molecule has 5 aromatic rings. The minimum Gasteiger partial charge on any atom is -0.457 e. The van der Waals surface area contributed by atoms with Crippen LogP contribution in [0, 0.1) is 6.92 Å². The Labute approximate surface area is 207 Å². The highest BCUT2D eigenvalue weighted by molar-refractivity contribution is 6.30. The molecule has 0 aliphatic rings. The summed E-state index contributed by atoms with van der Waals surface area (Å²) >= 11 is 6.06. The average molecular weight is 481 g/mol. The highest BCUT2D eigenvalue weighted by Gasteiger charge is 2.19. The van der Waals surface area contributed by atoms with Gasteiger partial charge < -0.3 is 10.1 Å². The van der Waals surface area contributed by atoms with E-state index < -0.39 is 5.91 Å². The van der Waals surface area contributed by atoms with Crippen LogP contribution < -0.4 is 10.1 Å². The quantitative estimate of drug-likeness (QED) is 0.286. The van der Waals surface area contributed by atoms with Gasteiger partial charge in [-0.15, -0.1) is 5.10 Å². The second kappa shape index (κ2) is 9.83. The Kier molecular flexibility index (Phi) is 6.28. The number of rotatable bonds is 6. The smallest absolute Gasteiger partial charge is 0.295 e. The number of hydrogen-bond acceptors (Lipinski definition) is 4. The molecule has 0 aliphatic heterocycles. The Bertz CT molecular complexity index is 1460. The highest BCUT2D eigenvalue weighted by Crippen LogP contribution is 2.25. The molecule has 0 saturated heterocycles. The molecule has 4 aromatic carbocycles.